The van der Waals surface area contributed by atoms with E-state index >= 15 is 0 Å². The van der Waals surface area contributed by atoms with Crippen LogP contribution in [0.5, 0.6) is 0 Å². The second-order valence-corrected chi connectivity index (χ2v) is 14.8. The van der Waals surface area contributed by atoms with Crippen LogP contribution in [0.25, 0.3) is 0 Å². The van der Waals surface area contributed by atoms with Gasteiger partial charge in [0.25, 0.3) is 15.6 Å². The van der Waals surface area contributed by atoms with Gasteiger partial charge >= 0.3 is 24.4 Å². The first-order valence-corrected chi connectivity index (χ1v) is 16.3. The number of anilines is 1. The van der Waals surface area contributed by atoms with Gasteiger partial charge in [0, 0.05) is 31.5 Å². The number of aliphatic carboxylic acids is 1. The molecule has 2 aliphatic rings. The Morgan fingerprint density at radius 1 is 0.918 bits per heavy atom. The van der Waals surface area contributed by atoms with E-state index in [1.165, 1.54) is 0 Å². The van der Waals surface area contributed by atoms with Crippen molar-refractivity contribution in [3.8, 4) is 0 Å². The minimum Gasteiger partial charge on any atom is -0.481 e. The predicted octanol–water partition coefficient (Wildman–Crippen LogP) is 5.57. The molecule has 2 N–H and O–H groups in total. The highest BCUT2D eigenvalue weighted by molar-refractivity contribution is 7.92. The molecule has 0 aromatic heterocycles. The van der Waals surface area contributed by atoms with Gasteiger partial charge in [-0.2, -0.15) is 26.3 Å². The Morgan fingerprint density at radius 3 is 2.04 bits per heavy atom. The minimum absolute atomic E-state index is 0.160. The van der Waals surface area contributed by atoms with Crippen molar-refractivity contribution >= 4 is 33.6 Å². The molecule has 2 aromatic carbocycles. The lowest BCUT2D eigenvalue weighted by Crippen LogP contribution is -2.54. The van der Waals surface area contributed by atoms with E-state index in [0.717, 1.165) is 29.2 Å². The third-order valence-electron chi connectivity index (χ3n) is 8.37. The molecule has 0 bridgehead atoms. The summed E-state index contributed by atoms with van der Waals surface area (Å²) in [5.41, 5.74) is -8.45. The molecule has 49 heavy (non-hydrogen) atoms. The summed E-state index contributed by atoms with van der Waals surface area (Å²) in [6, 6.07) is 3.52. The average molecular weight is 727 g/mol. The minimum atomic E-state index is -6.20. The molecule has 0 saturated carbocycles. The van der Waals surface area contributed by atoms with Crippen LogP contribution in [0.1, 0.15) is 51.2 Å². The number of fused-ring (bicyclic) bond motifs is 1. The van der Waals surface area contributed by atoms with Crippen molar-refractivity contribution in [3.05, 3.63) is 59.4 Å². The fraction of sp³-hybridized carbons (Fsp3) is 0.516. The summed E-state index contributed by atoms with van der Waals surface area (Å²) in [5, 5.41) is 19.7. The lowest BCUT2D eigenvalue weighted by Gasteiger charge is -2.39. The number of Topliss-reactive ketones (excluding diaryl/α,β-unsaturated/α-hetero) is 1. The topological polar surface area (TPSA) is 142 Å². The number of hydrogen-bond acceptors (Lipinski definition) is 7. The summed E-state index contributed by atoms with van der Waals surface area (Å²) in [7, 11) is -4.74. The molecule has 10 nitrogen and oxygen atoms in total. The molecule has 1 saturated heterocycles. The molecular formula is C31H33F7N2O8S. The van der Waals surface area contributed by atoms with Crippen molar-refractivity contribution in [2.45, 2.75) is 80.9 Å². The molecule has 0 radical (unpaired) electrons. The first-order valence-electron chi connectivity index (χ1n) is 14.9. The van der Waals surface area contributed by atoms with Gasteiger partial charge in [0.2, 0.25) is 0 Å². The molecule has 2 aromatic rings. The Bertz CT molecular complexity index is 1690. The average Bonchev–Trinajstić information content (AvgIpc) is 3.38. The van der Waals surface area contributed by atoms with Crippen LogP contribution in [-0.4, -0.2) is 78.5 Å². The first kappa shape index (κ1) is 37.9. The zero-order valence-electron chi connectivity index (χ0n) is 26.3. The summed E-state index contributed by atoms with van der Waals surface area (Å²) < 4.78 is 129. The maximum atomic E-state index is 13.9. The van der Waals surface area contributed by atoms with Crippen molar-refractivity contribution in [3.63, 3.8) is 0 Å². The number of amides is 1. The third-order valence-corrected chi connectivity index (χ3v) is 10.2. The van der Waals surface area contributed by atoms with Crippen molar-refractivity contribution in [2.24, 2.45) is 11.8 Å². The van der Waals surface area contributed by atoms with Gasteiger partial charge in [0.05, 0.1) is 22.5 Å². The number of halogens is 7. The molecule has 2 aliphatic heterocycles. The summed E-state index contributed by atoms with van der Waals surface area (Å²) in [6.07, 6.45) is -14.7. The van der Waals surface area contributed by atoms with E-state index in [1.807, 2.05) is 0 Å². The SMILES string of the molecule is CC(C)(C)OC(=O)N1C[C@@H](CC(=O)C[C@@H]2CCc3cc(C(O)(C(F)(F)F)C(F)(F)F)ccc3N2S(=O)(=O)c2ccc(F)cc2)[C@H](C(=O)O)C1. The van der Waals surface area contributed by atoms with Crippen LogP contribution in [0.2, 0.25) is 0 Å². The number of benzene rings is 2. The molecule has 3 atom stereocenters. The summed E-state index contributed by atoms with van der Waals surface area (Å²) in [4.78, 5) is 38.7. The second-order valence-electron chi connectivity index (χ2n) is 13.0. The summed E-state index contributed by atoms with van der Waals surface area (Å²) in [6.45, 7) is 4.41. The zero-order chi connectivity index (χ0) is 36.9. The number of likely N-dealkylation sites (tertiary alicyclic amines) is 1. The van der Waals surface area contributed by atoms with Gasteiger partial charge in [0.1, 0.15) is 17.2 Å². The highest BCUT2D eigenvalue weighted by atomic mass is 32.2. The molecule has 4 rings (SSSR count). The number of nitrogens with zero attached hydrogens (tertiary/aromatic N) is 2. The molecule has 1 amide bonds. The number of sulfonamides is 1. The molecule has 0 unspecified atom stereocenters. The number of carboxylic acid groups (broad SMARTS) is 1. The van der Waals surface area contributed by atoms with Gasteiger partial charge in [0.15, 0.2) is 0 Å². The molecular weight excluding hydrogens is 693 g/mol. The van der Waals surface area contributed by atoms with E-state index in [-0.39, 0.29) is 37.2 Å². The zero-order valence-corrected chi connectivity index (χ0v) is 27.1. The van der Waals surface area contributed by atoms with Crippen LogP contribution >= 0.6 is 0 Å². The smallest absolute Gasteiger partial charge is 0.430 e. The van der Waals surface area contributed by atoms with E-state index in [9.17, 15) is 63.7 Å². The van der Waals surface area contributed by atoms with Crippen LogP contribution in [0, 0.1) is 17.7 Å². The van der Waals surface area contributed by atoms with Crippen molar-refractivity contribution in [1.82, 2.24) is 4.90 Å². The lowest BCUT2D eigenvalue weighted by atomic mass is 9.86. The molecule has 2 heterocycles. The number of carbonyl (C=O) groups is 3. The van der Waals surface area contributed by atoms with Crippen molar-refractivity contribution in [2.75, 3.05) is 17.4 Å². The molecule has 1 fully saturated rings. The van der Waals surface area contributed by atoms with Gasteiger partial charge in [-0.15, -0.1) is 0 Å². The number of hydrogen-bond donors (Lipinski definition) is 2. The Morgan fingerprint density at radius 2 is 1.51 bits per heavy atom. The van der Waals surface area contributed by atoms with E-state index in [2.05, 4.69) is 0 Å². The van der Waals surface area contributed by atoms with Crippen LogP contribution in [0.4, 0.5) is 41.2 Å². The molecule has 0 aliphatic carbocycles. The van der Waals surface area contributed by atoms with Gasteiger partial charge < -0.3 is 19.8 Å². The monoisotopic (exact) mass is 726 g/mol. The normalized spacial score (nSPS) is 20.6. The Balaban J connectivity index is 1.69. The summed E-state index contributed by atoms with van der Waals surface area (Å²) in [5.74, 6) is -4.78. The number of ether oxygens (including phenoxy) is 1. The quantitative estimate of drug-likeness (QED) is 0.337. The fourth-order valence-electron chi connectivity index (χ4n) is 6.05. The number of carbonyl (C=O) groups excluding carboxylic acids is 2. The number of aliphatic hydroxyl groups is 1. The van der Waals surface area contributed by atoms with Gasteiger partial charge in [-0.25, -0.2) is 17.6 Å². The summed E-state index contributed by atoms with van der Waals surface area (Å²) >= 11 is 0. The van der Waals surface area contributed by atoms with Crippen LogP contribution in [-0.2, 0) is 36.4 Å². The largest absolute Gasteiger partial charge is 0.481 e. The highest BCUT2D eigenvalue weighted by Gasteiger charge is 2.71. The maximum Gasteiger partial charge on any atom is 0.430 e. The number of aryl methyl sites for hydroxylation is 1. The Kier molecular flexibility index (Phi) is 10.1. The maximum absolute atomic E-state index is 13.9. The van der Waals surface area contributed by atoms with Crippen LogP contribution in [0.3, 0.4) is 0 Å². The van der Waals surface area contributed by atoms with Crippen LogP contribution < -0.4 is 4.31 Å². The molecule has 270 valence electrons. The molecule has 0 spiro atoms. The van der Waals surface area contributed by atoms with Crippen molar-refractivity contribution < 1.29 is 68.5 Å². The number of carboxylic acids is 1. The fourth-order valence-corrected chi connectivity index (χ4v) is 7.77. The Hall–Kier alpha value is -3.93. The Labute approximate surface area is 276 Å². The predicted molar refractivity (Wildman–Crippen MR) is 157 cm³/mol. The highest BCUT2D eigenvalue weighted by Crippen LogP contribution is 2.51. The lowest BCUT2D eigenvalue weighted by molar-refractivity contribution is -0.376. The van der Waals surface area contributed by atoms with Gasteiger partial charge in [-0.05, 0) is 75.4 Å². The number of ketones is 1. The van der Waals surface area contributed by atoms with Crippen LogP contribution in [0.15, 0.2) is 47.4 Å². The standard InChI is InChI=1S/C31H33F7N2O8S/c1-28(2,3)48-27(44)39-15-18(24(16-39)26(42)43)13-22(41)14-21-8-4-17-12-19(29(45,30(33,34)35)31(36,37)38)5-11-25(17)40(21)49(46,47)23-9-6-20(32)7-10-23/h5-7,9-12,18,21,24,45H,4,8,13-16H2,1-3H3,(H,42,43)/t18-,21+,24-/m1/s1. The number of rotatable bonds is 8. The van der Waals surface area contributed by atoms with Gasteiger partial charge in [-0.1, -0.05) is 12.1 Å². The van der Waals surface area contributed by atoms with Crippen molar-refractivity contribution in [1.29, 1.82) is 0 Å². The van der Waals surface area contributed by atoms with E-state index in [0.29, 0.717) is 22.5 Å². The van der Waals surface area contributed by atoms with Gasteiger partial charge in [-0.3, -0.25) is 13.9 Å². The van der Waals surface area contributed by atoms with E-state index in [4.69, 9.17) is 4.74 Å². The number of alkyl halides is 6. The molecule has 18 heteroatoms. The third kappa shape index (κ3) is 7.64. The van der Waals surface area contributed by atoms with E-state index in [1.54, 1.807) is 20.8 Å². The first-order chi connectivity index (χ1) is 22.4. The van der Waals surface area contributed by atoms with E-state index < -0.39 is 98.4 Å². The second kappa shape index (κ2) is 13.1.